The number of anilines is 2. The van der Waals surface area contributed by atoms with Gasteiger partial charge >= 0.3 is 0 Å². The zero-order chi connectivity index (χ0) is 19.0. The molecule has 0 bridgehead atoms. The zero-order valence-corrected chi connectivity index (χ0v) is 15.9. The Morgan fingerprint density at radius 3 is 2.85 bits per heavy atom. The summed E-state index contributed by atoms with van der Waals surface area (Å²) in [6.45, 7) is 3.93. The summed E-state index contributed by atoms with van der Waals surface area (Å²) < 4.78 is 0. The van der Waals surface area contributed by atoms with Gasteiger partial charge in [-0.05, 0) is 54.3 Å². The van der Waals surface area contributed by atoms with E-state index in [1.54, 1.807) is 12.4 Å². The number of carbonyl (C=O) groups is 2. The van der Waals surface area contributed by atoms with Crippen LogP contribution in [0.3, 0.4) is 0 Å². The minimum atomic E-state index is -0.156. The second-order valence-electron chi connectivity index (χ2n) is 6.71. The average Bonchev–Trinajstić information content (AvgIpc) is 2.98. The van der Waals surface area contributed by atoms with Crippen molar-refractivity contribution >= 4 is 33.8 Å². The fourth-order valence-electron chi connectivity index (χ4n) is 3.50. The van der Waals surface area contributed by atoms with Gasteiger partial charge in [0.1, 0.15) is 0 Å². The van der Waals surface area contributed by atoms with Crippen molar-refractivity contribution in [1.29, 1.82) is 0 Å². The van der Waals surface area contributed by atoms with E-state index in [9.17, 15) is 9.59 Å². The predicted molar refractivity (Wildman–Crippen MR) is 108 cm³/mol. The molecule has 0 radical (unpaired) electrons. The van der Waals surface area contributed by atoms with Crippen LogP contribution in [0.15, 0.2) is 48.8 Å². The number of aromatic nitrogens is 1. The Morgan fingerprint density at radius 2 is 2.11 bits per heavy atom. The molecule has 0 aliphatic carbocycles. The first-order valence-electron chi connectivity index (χ1n) is 8.74. The van der Waals surface area contributed by atoms with Crippen molar-refractivity contribution in [3.05, 3.63) is 75.9 Å². The van der Waals surface area contributed by atoms with Crippen LogP contribution in [0, 0.1) is 13.8 Å². The first-order valence-corrected chi connectivity index (χ1v) is 9.55. The molecule has 3 aromatic rings. The number of fused-ring (bicyclic) bond motifs is 1. The van der Waals surface area contributed by atoms with Crippen LogP contribution in [0.5, 0.6) is 0 Å². The summed E-state index contributed by atoms with van der Waals surface area (Å²) in [5.41, 5.74) is 4.76. The SMILES string of the molecule is Cc1cccc(NC(=O)c2sc3c(c2C)[C@@H](c2cccnc2)CC(=O)N3)c1. The second-order valence-corrected chi connectivity index (χ2v) is 7.73. The number of carbonyl (C=O) groups excluding carboxylic acids is 2. The van der Waals surface area contributed by atoms with Gasteiger partial charge in [0.05, 0.1) is 9.88 Å². The topological polar surface area (TPSA) is 71.1 Å². The third kappa shape index (κ3) is 3.36. The van der Waals surface area contributed by atoms with Crippen LogP contribution < -0.4 is 10.6 Å². The molecule has 1 aliphatic rings. The van der Waals surface area contributed by atoms with Crippen molar-refractivity contribution in [3.63, 3.8) is 0 Å². The molecule has 1 aliphatic heterocycles. The molecule has 2 aromatic heterocycles. The van der Waals surface area contributed by atoms with Gasteiger partial charge in [-0.25, -0.2) is 0 Å². The molecule has 6 heteroatoms. The minimum absolute atomic E-state index is 0.0387. The number of rotatable bonds is 3. The van der Waals surface area contributed by atoms with Crippen LogP contribution in [0.4, 0.5) is 10.7 Å². The number of hydrogen-bond donors (Lipinski definition) is 2. The van der Waals surface area contributed by atoms with Crippen molar-refractivity contribution in [2.24, 2.45) is 0 Å². The zero-order valence-electron chi connectivity index (χ0n) is 15.1. The summed E-state index contributed by atoms with van der Waals surface area (Å²) in [4.78, 5) is 29.9. The Morgan fingerprint density at radius 1 is 1.26 bits per heavy atom. The van der Waals surface area contributed by atoms with Gasteiger partial charge in [-0.2, -0.15) is 0 Å². The lowest BCUT2D eigenvalue weighted by atomic mass is 9.85. The Kier molecular flexibility index (Phi) is 4.49. The van der Waals surface area contributed by atoms with Gasteiger partial charge in [-0.15, -0.1) is 11.3 Å². The van der Waals surface area contributed by atoms with Gasteiger partial charge in [0.2, 0.25) is 5.91 Å². The number of hydrogen-bond acceptors (Lipinski definition) is 4. The summed E-state index contributed by atoms with van der Waals surface area (Å²) in [5, 5.41) is 6.65. The van der Waals surface area contributed by atoms with Crippen LogP contribution >= 0.6 is 11.3 Å². The number of thiophene rings is 1. The molecule has 136 valence electrons. The molecule has 3 heterocycles. The monoisotopic (exact) mass is 377 g/mol. The molecule has 0 spiro atoms. The van der Waals surface area contributed by atoms with Crippen molar-refractivity contribution in [3.8, 4) is 0 Å². The fourth-order valence-corrected chi connectivity index (χ4v) is 4.68. The van der Waals surface area contributed by atoms with E-state index in [-0.39, 0.29) is 17.7 Å². The fraction of sp³-hybridized carbons (Fsp3) is 0.190. The van der Waals surface area contributed by atoms with E-state index < -0.39 is 0 Å². The molecule has 5 nitrogen and oxygen atoms in total. The third-order valence-corrected chi connectivity index (χ3v) is 5.98. The summed E-state index contributed by atoms with van der Waals surface area (Å²) in [6, 6.07) is 11.5. The smallest absolute Gasteiger partial charge is 0.266 e. The number of aryl methyl sites for hydroxylation is 1. The van der Waals surface area contributed by atoms with Crippen LogP contribution in [0.2, 0.25) is 0 Å². The van der Waals surface area contributed by atoms with E-state index >= 15 is 0 Å². The van der Waals surface area contributed by atoms with E-state index in [4.69, 9.17) is 0 Å². The molecule has 2 amide bonds. The molecule has 4 rings (SSSR count). The van der Waals surface area contributed by atoms with Crippen molar-refractivity contribution in [1.82, 2.24) is 4.98 Å². The Bertz CT molecular complexity index is 1030. The first kappa shape index (κ1) is 17.4. The molecular formula is C21H19N3O2S. The Hall–Kier alpha value is -2.99. The molecule has 0 unspecified atom stereocenters. The van der Waals surface area contributed by atoms with Gasteiger partial charge in [0, 0.05) is 30.4 Å². The summed E-state index contributed by atoms with van der Waals surface area (Å²) in [7, 11) is 0. The largest absolute Gasteiger partial charge is 0.321 e. The molecule has 1 aromatic carbocycles. The maximum Gasteiger partial charge on any atom is 0.266 e. The highest BCUT2D eigenvalue weighted by atomic mass is 32.1. The molecule has 2 N–H and O–H groups in total. The highest BCUT2D eigenvalue weighted by Crippen LogP contribution is 2.45. The summed E-state index contributed by atoms with van der Waals surface area (Å²) >= 11 is 1.33. The van der Waals surface area contributed by atoms with Crippen LogP contribution in [0.1, 0.15) is 44.3 Å². The van der Waals surface area contributed by atoms with Gasteiger partial charge in [-0.1, -0.05) is 18.2 Å². The standard InChI is InChI=1S/C21H19N3O2S/c1-12-5-3-7-15(9-12)23-20(26)19-13(2)18-16(14-6-4-8-22-11-14)10-17(25)24-21(18)27-19/h3-9,11,16H,10H2,1-2H3,(H,23,26)(H,24,25)/t16-/m1/s1. The molecule has 1 atom stereocenters. The number of benzene rings is 1. The van der Waals surface area contributed by atoms with E-state index in [0.717, 1.165) is 32.9 Å². The van der Waals surface area contributed by atoms with Gasteiger partial charge in [-0.3, -0.25) is 14.6 Å². The lowest BCUT2D eigenvalue weighted by Gasteiger charge is -2.23. The molecule has 0 saturated carbocycles. The van der Waals surface area contributed by atoms with Gasteiger partial charge < -0.3 is 10.6 Å². The maximum atomic E-state index is 12.9. The molecule has 0 fully saturated rings. The van der Waals surface area contributed by atoms with Crippen LogP contribution in [-0.2, 0) is 4.79 Å². The highest BCUT2D eigenvalue weighted by Gasteiger charge is 2.32. The summed E-state index contributed by atoms with van der Waals surface area (Å²) in [6.07, 6.45) is 3.86. The molecule has 0 saturated heterocycles. The van der Waals surface area contributed by atoms with Crippen molar-refractivity contribution < 1.29 is 9.59 Å². The second kappa shape index (κ2) is 6.96. The minimum Gasteiger partial charge on any atom is -0.321 e. The normalized spacial score (nSPS) is 15.8. The van der Waals surface area contributed by atoms with E-state index in [1.807, 2.05) is 50.2 Å². The third-order valence-electron chi connectivity index (χ3n) is 4.75. The van der Waals surface area contributed by atoms with Gasteiger partial charge in [0.15, 0.2) is 0 Å². The number of pyridine rings is 1. The molecular weight excluding hydrogens is 358 g/mol. The Balaban J connectivity index is 1.71. The first-order chi connectivity index (χ1) is 13.0. The lowest BCUT2D eigenvalue weighted by Crippen LogP contribution is -2.22. The van der Waals surface area contributed by atoms with E-state index in [0.29, 0.717) is 11.3 Å². The average molecular weight is 377 g/mol. The highest BCUT2D eigenvalue weighted by molar-refractivity contribution is 7.18. The van der Waals surface area contributed by atoms with Crippen molar-refractivity contribution in [2.75, 3.05) is 10.6 Å². The quantitative estimate of drug-likeness (QED) is 0.707. The number of nitrogens with one attached hydrogen (secondary N) is 2. The maximum absolute atomic E-state index is 12.9. The number of nitrogens with zero attached hydrogens (tertiary/aromatic N) is 1. The van der Waals surface area contributed by atoms with E-state index in [2.05, 4.69) is 15.6 Å². The van der Waals surface area contributed by atoms with Crippen LogP contribution in [0.25, 0.3) is 0 Å². The molecule has 27 heavy (non-hydrogen) atoms. The van der Waals surface area contributed by atoms with E-state index in [1.165, 1.54) is 11.3 Å². The lowest BCUT2D eigenvalue weighted by molar-refractivity contribution is -0.116. The van der Waals surface area contributed by atoms with Gasteiger partial charge in [0.25, 0.3) is 5.91 Å². The number of amides is 2. The summed E-state index contributed by atoms with van der Waals surface area (Å²) in [5.74, 6) is -0.279. The van der Waals surface area contributed by atoms with Crippen LogP contribution in [-0.4, -0.2) is 16.8 Å². The van der Waals surface area contributed by atoms with Crippen molar-refractivity contribution in [2.45, 2.75) is 26.2 Å². The predicted octanol–water partition coefficient (Wildman–Crippen LogP) is 4.49. The Labute approximate surface area is 161 Å².